The van der Waals surface area contributed by atoms with Gasteiger partial charge in [0, 0.05) is 12.8 Å². The molecule has 0 saturated heterocycles. The maximum atomic E-state index is 12.0. The number of carbonyl (C=O) groups excluding carboxylic acids is 5. The summed E-state index contributed by atoms with van der Waals surface area (Å²) in [5.74, 6) is -4.09. The van der Waals surface area contributed by atoms with Gasteiger partial charge in [-0.1, -0.05) is 0 Å². The molecule has 136 valence electrons. The van der Waals surface area contributed by atoms with Crippen molar-refractivity contribution in [1.82, 2.24) is 5.32 Å². The van der Waals surface area contributed by atoms with Crippen LogP contribution in [0, 0.1) is 0 Å². The highest BCUT2D eigenvalue weighted by Crippen LogP contribution is 2.05. The molecule has 0 heterocycles. The van der Waals surface area contributed by atoms with Crippen LogP contribution < -0.4 is 22.5 Å². The number of hydrogen-bond acceptors (Lipinski definition) is 8. The number of carbonyl (C=O) groups is 5. The largest absolute Gasteiger partial charge is 0.390 e. The number of thiol groups is 1. The highest BCUT2D eigenvalue weighted by atomic mass is 32.1. The van der Waals surface area contributed by atoms with Crippen LogP contribution in [-0.2, 0) is 28.7 Å². The molecule has 7 N–H and O–H groups in total. The van der Waals surface area contributed by atoms with Gasteiger partial charge in [0.15, 0.2) is 0 Å². The molecule has 24 heavy (non-hydrogen) atoms. The Kier molecular flexibility index (Phi) is 9.65. The highest BCUT2D eigenvalue weighted by Gasteiger charge is 2.28. The molecule has 10 nitrogen and oxygen atoms in total. The lowest BCUT2D eigenvalue weighted by atomic mass is 10.1. The second-order valence-corrected chi connectivity index (χ2v) is 5.87. The quantitative estimate of drug-likeness (QED) is 0.164. The van der Waals surface area contributed by atoms with Crippen molar-refractivity contribution in [2.24, 2.45) is 17.2 Å². The van der Waals surface area contributed by atoms with Gasteiger partial charge in [-0.25, -0.2) is 9.59 Å². The van der Waals surface area contributed by atoms with E-state index < -0.39 is 47.0 Å². The first-order chi connectivity index (χ1) is 11.0. The summed E-state index contributed by atoms with van der Waals surface area (Å²) in [6.07, 6.45) is -0.593. The Morgan fingerprint density at radius 3 is 1.96 bits per heavy atom. The minimum atomic E-state index is -1.26. The molecule has 0 rings (SSSR count). The Balaban J connectivity index is 4.77. The van der Waals surface area contributed by atoms with Gasteiger partial charge < -0.3 is 27.3 Å². The van der Waals surface area contributed by atoms with Crippen molar-refractivity contribution in [3.8, 4) is 0 Å². The van der Waals surface area contributed by atoms with Crippen molar-refractivity contribution in [3.63, 3.8) is 0 Å². The zero-order valence-corrected chi connectivity index (χ0v) is 14.1. The third-order valence-corrected chi connectivity index (χ3v) is 3.10. The Morgan fingerprint density at radius 1 is 1.00 bits per heavy atom. The molecule has 0 saturated carbocycles. The number of esters is 2. The molecule has 1 unspecified atom stereocenters. The van der Waals surface area contributed by atoms with Crippen molar-refractivity contribution in [2.45, 2.75) is 49.9 Å². The predicted molar refractivity (Wildman–Crippen MR) is 86.3 cm³/mol. The number of amides is 3. The smallest absolute Gasteiger partial charge is 0.336 e. The van der Waals surface area contributed by atoms with Crippen molar-refractivity contribution < 1.29 is 28.7 Å². The zero-order chi connectivity index (χ0) is 18.9. The molecular weight excluding hydrogens is 340 g/mol. The van der Waals surface area contributed by atoms with E-state index in [-0.39, 0.29) is 25.7 Å². The SMILES string of the molecule is CC(S)C(=O)N[C@@H](CCC(N)=O)C(=O)OC(=O)[C@@H](N)CCC(N)=O. The molecule has 11 heteroatoms. The first-order valence-electron chi connectivity index (χ1n) is 7.10. The van der Waals surface area contributed by atoms with Gasteiger partial charge in [0.25, 0.3) is 0 Å². The van der Waals surface area contributed by atoms with Gasteiger partial charge in [0.2, 0.25) is 17.7 Å². The summed E-state index contributed by atoms with van der Waals surface area (Å²) < 4.78 is 4.57. The Bertz CT molecular complexity index is 511. The van der Waals surface area contributed by atoms with Gasteiger partial charge in [0.05, 0.1) is 5.25 Å². The minimum Gasteiger partial charge on any atom is -0.390 e. The van der Waals surface area contributed by atoms with Crippen LogP contribution in [0.5, 0.6) is 0 Å². The lowest BCUT2D eigenvalue weighted by Gasteiger charge is -2.18. The lowest BCUT2D eigenvalue weighted by Crippen LogP contribution is -2.47. The summed E-state index contributed by atoms with van der Waals surface area (Å²) in [4.78, 5) is 56.8. The van der Waals surface area contributed by atoms with Gasteiger partial charge >= 0.3 is 11.9 Å². The summed E-state index contributed by atoms with van der Waals surface area (Å²) in [5.41, 5.74) is 15.4. The molecule has 0 aromatic carbocycles. The molecule has 0 radical (unpaired) electrons. The average molecular weight is 362 g/mol. The summed E-state index contributed by atoms with van der Waals surface area (Å²) in [6.45, 7) is 1.47. The maximum Gasteiger partial charge on any atom is 0.336 e. The molecule has 3 atom stereocenters. The second-order valence-electron chi connectivity index (χ2n) is 5.09. The fourth-order valence-electron chi connectivity index (χ4n) is 1.49. The van der Waals surface area contributed by atoms with Gasteiger partial charge in [-0.3, -0.25) is 14.4 Å². The van der Waals surface area contributed by atoms with Crippen molar-refractivity contribution in [3.05, 3.63) is 0 Å². The van der Waals surface area contributed by atoms with Gasteiger partial charge in [0.1, 0.15) is 12.1 Å². The van der Waals surface area contributed by atoms with Gasteiger partial charge in [-0.2, -0.15) is 12.6 Å². The predicted octanol–water partition coefficient (Wildman–Crippen LogP) is -2.28. The van der Waals surface area contributed by atoms with Gasteiger partial charge in [-0.15, -0.1) is 0 Å². The third-order valence-electron chi connectivity index (χ3n) is 2.87. The molecule has 0 fully saturated rings. The topological polar surface area (TPSA) is 185 Å². The molecule has 0 aliphatic heterocycles. The molecular formula is C13H22N4O6S. The summed E-state index contributed by atoms with van der Waals surface area (Å²) in [5, 5.41) is 1.58. The number of hydrogen-bond donors (Lipinski definition) is 5. The fourth-order valence-corrected chi connectivity index (χ4v) is 1.56. The standard InChI is InChI=1S/C13H22N4O6S/c1-6(24)11(20)17-8(3-5-10(16)19)13(22)23-12(21)7(14)2-4-9(15)18/h6-8,24H,2-5,14H2,1H3,(H2,15,18)(H2,16,19)(H,17,20)/t6?,7-,8-/m0/s1. The van der Waals surface area contributed by atoms with Crippen LogP contribution in [-0.4, -0.2) is 47.0 Å². The van der Waals surface area contributed by atoms with Crippen molar-refractivity contribution in [2.75, 3.05) is 0 Å². The summed E-state index contributed by atoms with van der Waals surface area (Å²) in [6, 6.07) is -2.48. The Labute approximate surface area is 144 Å². The molecule has 0 spiro atoms. The summed E-state index contributed by atoms with van der Waals surface area (Å²) in [7, 11) is 0. The number of primary amides is 2. The zero-order valence-electron chi connectivity index (χ0n) is 13.2. The van der Waals surface area contributed by atoms with E-state index in [9.17, 15) is 24.0 Å². The minimum absolute atomic E-state index is 0.0898. The first-order valence-corrected chi connectivity index (χ1v) is 7.62. The lowest BCUT2D eigenvalue weighted by molar-refractivity contribution is -0.163. The molecule has 3 amide bonds. The number of rotatable bonds is 10. The van der Waals surface area contributed by atoms with Gasteiger partial charge in [-0.05, 0) is 19.8 Å². The maximum absolute atomic E-state index is 12.0. The van der Waals surface area contributed by atoms with E-state index in [4.69, 9.17) is 17.2 Å². The van der Waals surface area contributed by atoms with Crippen LogP contribution in [0.1, 0.15) is 32.6 Å². The normalized spacial score (nSPS) is 14.1. The third kappa shape index (κ3) is 9.10. The summed E-state index contributed by atoms with van der Waals surface area (Å²) >= 11 is 3.91. The molecule has 0 aliphatic carbocycles. The number of nitrogens with one attached hydrogen (secondary N) is 1. The molecule has 0 aromatic rings. The average Bonchev–Trinajstić information content (AvgIpc) is 2.47. The molecule has 0 aromatic heterocycles. The van der Waals surface area contributed by atoms with E-state index in [1.54, 1.807) is 0 Å². The van der Waals surface area contributed by atoms with E-state index in [0.717, 1.165) is 0 Å². The second kappa shape index (κ2) is 10.6. The van der Waals surface area contributed by atoms with E-state index in [1.165, 1.54) is 6.92 Å². The number of ether oxygens (including phenoxy) is 1. The van der Waals surface area contributed by atoms with Crippen molar-refractivity contribution >= 4 is 42.3 Å². The van der Waals surface area contributed by atoms with Crippen LogP contribution in [0.3, 0.4) is 0 Å². The molecule has 0 aliphatic rings. The first kappa shape index (κ1) is 21.9. The van der Waals surface area contributed by atoms with Crippen LogP contribution in [0.2, 0.25) is 0 Å². The highest BCUT2D eigenvalue weighted by molar-refractivity contribution is 7.81. The van der Waals surface area contributed by atoms with E-state index >= 15 is 0 Å². The van der Waals surface area contributed by atoms with E-state index in [0.29, 0.717) is 0 Å². The fraction of sp³-hybridized carbons (Fsp3) is 0.615. The van der Waals surface area contributed by atoms with Crippen molar-refractivity contribution in [1.29, 1.82) is 0 Å². The van der Waals surface area contributed by atoms with Crippen LogP contribution >= 0.6 is 12.6 Å². The van der Waals surface area contributed by atoms with Crippen LogP contribution in [0.15, 0.2) is 0 Å². The van der Waals surface area contributed by atoms with Crippen LogP contribution in [0.4, 0.5) is 0 Å². The monoisotopic (exact) mass is 362 g/mol. The van der Waals surface area contributed by atoms with E-state index in [2.05, 4.69) is 22.7 Å². The van der Waals surface area contributed by atoms with Crippen LogP contribution in [0.25, 0.3) is 0 Å². The van der Waals surface area contributed by atoms with E-state index in [1.807, 2.05) is 0 Å². The molecule has 0 bridgehead atoms. The number of nitrogens with two attached hydrogens (primary N) is 3. The Morgan fingerprint density at radius 2 is 1.50 bits per heavy atom. The Hall–Kier alpha value is -2.14.